The first-order valence-corrected chi connectivity index (χ1v) is 11.1. The van der Waals surface area contributed by atoms with E-state index in [1.165, 1.54) is 27.2 Å². The quantitative estimate of drug-likeness (QED) is 0.463. The zero-order valence-corrected chi connectivity index (χ0v) is 18.3. The van der Waals surface area contributed by atoms with Crippen molar-refractivity contribution in [2.45, 2.75) is 25.2 Å². The molecule has 0 radical (unpaired) electrons. The molecule has 0 saturated carbocycles. The van der Waals surface area contributed by atoms with Crippen LogP contribution < -0.4 is 4.90 Å². The molecule has 3 aliphatic carbocycles. The number of halogens is 1. The lowest BCUT2D eigenvalue weighted by molar-refractivity contribution is -0.123. The number of hydrogen-bond donors (Lipinski definition) is 0. The third-order valence-electron chi connectivity index (χ3n) is 7.39. The molecule has 3 aromatic rings. The van der Waals surface area contributed by atoms with Crippen molar-refractivity contribution in [3.05, 3.63) is 99.0 Å². The number of aryl methyl sites for hydroxylation is 1. The summed E-state index contributed by atoms with van der Waals surface area (Å²) in [5.74, 6) is -1.04. The lowest BCUT2D eigenvalue weighted by atomic mass is 9.48. The van der Waals surface area contributed by atoms with Crippen molar-refractivity contribution in [1.82, 2.24) is 0 Å². The summed E-state index contributed by atoms with van der Waals surface area (Å²) in [6, 6.07) is 22.5. The molecule has 1 heterocycles. The van der Waals surface area contributed by atoms with Gasteiger partial charge in [-0.25, -0.2) is 4.90 Å². The topological polar surface area (TPSA) is 37.4 Å². The Balaban J connectivity index is 1.62. The van der Waals surface area contributed by atoms with E-state index in [2.05, 4.69) is 47.1 Å². The average molecular weight is 458 g/mol. The van der Waals surface area contributed by atoms with Crippen LogP contribution in [0.3, 0.4) is 0 Å². The standard InChI is InChI=1S/C26H20BrNO2/c1-14-11-12-20(19(27)13-14)28-24(29)22-21-15-7-3-5-9-17(15)26(2,23(22)25(28)30)18-10-6-4-8-16(18)21/h3-13,21-23H,1-2H3. The number of anilines is 1. The molecule has 0 N–H and O–H groups in total. The highest BCUT2D eigenvalue weighted by atomic mass is 79.9. The second-order valence-electron chi connectivity index (χ2n) is 8.82. The van der Waals surface area contributed by atoms with Crippen molar-refractivity contribution >= 4 is 33.4 Å². The van der Waals surface area contributed by atoms with Gasteiger partial charge in [0.25, 0.3) is 0 Å². The molecule has 2 unspecified atom stereocenters. The van der Waals surface area contributed by atoms with Gasteiger partial charge in [0.05, 0.1) is 17.5 Å². The number of carbonyl (C=O) groups is 2. The van der Waals surface area contributed by atoms with Crippen LogP contribution in [0.25, 0.3) is 0 Å². The van der Waals surface area contributed by atoms with Gasteiger partial charge in [-0.2, -0.15) is 0 Å². The summed E-state index contributed by atoms with van der Waals surface area (Å²) in [4.78, 5) is 29.1. The summed E-state index contributed by atoms with van der Waals surface area (Å²) < 4.78 is 0.773. The van der Waals surface area contributed by atoms with Crippen LogP contribution in [0.1, 0.15) is 40.7 Å². The lowest BCUT2D eigenvalue weighted by Gasteiger charge is -2.52. The van der Waals surface area contributed by atoms with E-state index in [1.807, 2.05) is 49.4 Å². The SMILES string of the molecule is Cc1ccc(N2C(=O)C3C4c5ccccc5C(C)(c5ccccc54)C3C2=O)c(Br)c1. The number of benzene rings is 3. The summed E-state index contributed by atoms with van der Waals surface area (Å²) in [6.45, 7) is 4.15. The van der Waals surface area contributed by atoms with Crippen molar-refractivity contribution in [2.24, 2.45) is 11.8 Å². The van der Waals surface area contributed by atoms with Gasteiger partial charge in [-0.1, -0.05) is 61.5 Å². The number of nitrogens with zero attached hydrogens (tertiary/aromatic N) is 1. The Labute approximate surface area is 183 Å². The highest BCUT2D eigenvalue weighted by Crippen LogP contribution is 2.64. The maximum Gasteiger partial charge on any atom is 0.238 e. The molecule has 1 saturated heterocycles. The number of rotatable bonds is 1. The monoisotopic (exact) mass is 457 g/mol. The van der Waals surface area contributed by atoms with Crippen molar-refractivity contribution in [3.63, 3.8) is 0 Å². The molecule has 0 spiro atoms. The first kappa shape index (κ1) is 18.1. The normalized spacial score (nSPS) is 28.4. The average Bonchev–Trinajstić information content (AvgIpc) is 3.01. The number of hydrogen-bond acceptors (Lipinski definition) is 2. The summed E-state index contributed by atoms with van der Waals surface area (Å²) in [5, 5.41) is 0. The molecule has 3 aromatic carbocycles. The highest BCUT2D eigenvalue weighted by Gasteiger charge is 2.66. The van der Waals surface area contributed by atoms with E-state index in [1.54, 1.807) is 0 Å². The van der Waals surface area contributed by atoms with E-state index in [-0.39, 0.29) is 23.7 Å². The Morgan fingerprint density at radius 3 is 2.07 bits per heavy atom. The van der Waals surface area contributed by atoms with E-state index in [0.29, 0.717) is 5.69 Å². The van der Waals surface area contributed by atoms with Gasteiger partial charge in [0.15, 0.2) is 0 Å². The Bertz CT molecular complexity index is 1220. The number of carbonyl (C=O) groups excluding carboxylic acids is 2. The van der Waals surface area contributed by atoms with Crippen LogP contribution in [0.5, 0.6) is 0 Å². The Hall–Kier alpha value is -2.72. The fourth-order valence-electron chi connectivity index (χ4n) is 6.18. The lowest BCUT2D eigenvalue weighted by Crippen LogP contribution is -2.51. The van der Waals surface area contributed by atoms with E-state index in [0.717, 1.165) is 10.0 Å². The van der Waals surface area contributed by atoms with Crippen LogP contribution in [-0.4, -0.2) is 11.8 Å². The molecule has 1 aliphatic heterocycles. The van der Waals surface area contributed by atoms with Crippen molar-refractivity contribution in [2.75, 3.05) is 4.90 Å². The minimum atomic E-state index is -0.523. The molecule has 2 bridgehead atoms. The predicted molar refractivity (Wildman–Crippen MR) is 120 cm³/mol. The third-order valence-corrected chi connectivity index (χ3v) is 8.02. The smallest absolute Gasteiger partial charge is 0.238 e. The van der Waals surface area contributed by atoms with Crippen LogP contribution in [0.15, 0.2) is 71.2 Å². The molecule has 4 aliphatic rings. The Kier molecular flexibility index (Phi) is 3.57. The molecule has 30 heavy (non-hydrogen) atoms. The highest BCUT2D eigenvalue weighted by molar-refractivity contribution is 9.10. The second kappa shape index (κ2) is 5.92. The molecule has 3 nitrogen and oxygen atoms in total. The molecular weight excluding hydrogens is 438 g/mol. The van der Waals surface area contributed by atoms with E-state index in [4.69, 9.17) is 0 Å². The largest absolute Gasteiger partial charge is 0.274 e. The van der Waals surface area contributed by atoms with Gasteiger partial charge in [-0.05, 0) is 62.8 Å². The summed E-state index contributed by atoms with van der Waals surface area (Å²) >= 11 is 3.58. The predicted octanol–water partition coefficient (Wildman–Crippen LogP) is 5.33. The molecule has 1 fully saturated rings. The summed E-state index contributed by atoms with van der Waals surface area (Å²) in [7, 11) is 0. The fourth-order valence-corrected chi connectivity index (χ4v) is 6.85. The van der Waals surface area contributed by atoms with Gasteiger partial charge in [0.2, 0.25) is 11.8 Å². The first-order chi connectivity index (χ1) is 14.4. The molecule has 148 valence electrons. The van der Waals surface area contributed by atoms with Crippen molar-refractivity contribution < 1.29 is 9.59 Å². The van der Waals surface area contributed by atoms with E-state index >= 15 is 0 Å². The fraction of sp³-hybridized carbons (Fsp3) is 0.231. The van der Waals surface area contributed by atoms with E-state index in [9.17, 15) is 9.59 Å². The minimum Gasteiger partial charge on any atom is -0.274 e. The molecule has 2 atom stereocenters. The summed E-state index contributed by atoms with van der Waals surface area (Å²) in [5.41, 5.74) is 5.93. The van der Waals surface area contributed by atoms with Crippen molar-refractivity contribution in [3.8, 4) is 0 Å². The first-order valence-electron chi connectivity index (χ1n) is 10.3. The van der Waals surface area contributed by atoms with Crippen LogP contribution in [-0.2, 0) is 15.0 Å². The van der Waals surface area contributed by atoms with Gasteiger partial charge in [-0.15, -0.1) is 0 Å². The maximum atomic E-state index is 13.9. The number of imide groups is 1. The van der Waals surface area contributed by atoms with Crippen LogP contribution >= 0.6 is 15.9 Å². The van der Waals surface area contributed by atoms with Gasteiger partial charge in [-0.3, -0.25) is 9.59 Å². The van der Waals surface area contributed by atoms with Gasteiger partial charge in [0.1, 0.15) is 0 Å². The molecule has 2 amide bonds. The molecule has 4 heteroatoms. The zero-order valence-electron chi connectivity index (χ0n) is 16.7. The van der Waals surface area contributed by atoms with Gasteiger partial charge in [0, 0.05) is 15.8 Å². The second-order valence-corrected chi connectivity index (χ2v) is 9.68. The van der Waals surface area contributed by atoms with Crippen molar-refractivity contribution in [1.29, 1.82) is 0 Å². The molecule has 7 rings (SSSR count). The Morgan fingerprint density at radius 2 is 1.47 bits per heavy atom. The van der Waals surface area contributed by atoms with Gasteiger partial charge >= 0.3 is 0 Å². The van der Waals surface area contributed by atoms with Crippen LogP contribution in [0.4, 0.5) is 5.69 Å². The minimum absolute atomic E-state index is 0.0881. The zero-order chi connectivity index (χ0) is 20.8. The van der Waals surface area contributed by atoms with Gasteiger partial charge < -0.3 is 0 Å². The Morgan fingerprint density at radius 1 is 0.867 bits per heavy atom. The maximum absolute atomic E-state index is 13.9. The number of amides is 2. The molecular formula is C26H20BrNO2. The van der Waals surface area contributed by atoms with Crippen LogP contribution in [0, 0.1) is 18.8 Å². The van der Waals surface area contributed by atoms with Crippen LogP contribution in [0.2, 0.25) is 0 Å². The van der Waals surface area contributed by atoms with E-state index < -0.39 is 11.3 Å². The molecule has 0 aromatic heterocycles. The third kappa shape index (κ3) is 2.00. The summed E-state index contributed by atoms with van der Waals surface area (Å²) in [6.07, 6.45) is 0.